The second kappa shape index (κ2) is 4.45. The van der Waals surface area contributed by atoms with Crippen molar-refractivity contribution in [3.8, 4) is 0 Å². The maximum atomic E-state index is 11.1. The van der Waals surface area contributed by atoms with E-state index in [9.17, 15) is 9.59 Å². The van der Waals surface area contributed by atoms with Crippen LogP contribution in [0.2, 0.25) is 0 Å². The molecular weight excluding hydrogens is 188 g/mol. The molecule has 0 aromatic carbocycles. The zero-order valence-electron chi connectivity index (χ0n) is 7.90. The molecule has 0 radical (unpaired) electrons. The number of carbonyl (C=O) groups excluding carboxylic acids is 2. The summed E-state index contributed by atoms with van der Waals surface area (Å²) in [6.07, 6.45) is 1.34. The van der Waals surface area contributed by atoms with Gasteiger partial charge in [0.15, 0.2) is 0 Å². The zero-order valence-corrected chi connectivity index (χ0v) is 7.90. The molecule has 0 amide bonds. The van der Waals surface area contributed by atoms with Crippen LogP contribution in [0.15, 0.2) is 16.7 Å². The van der Waals surface area contributed by atoms with Gasteiger partial charge in [0, 0.05) is 12.5 Å². The molecule has 5 nitrogen and oxygen atoms in total. The van der Waals surface area contributed by atoms with Crippen LogP contribution in [-0.2, 0) is 20.9 Å². The first-order chi connectivity index (χ1) is 6.65. The number of rotatable bonds is 3. The lowest BCUT2D eigenvalue weighted by atomic mass is 10.2. The fourth-order valence-corrected chi connectivity index (χ4v) is 0.901. The highest BCUT2D eigenvalue weighted by atomic mass is 16.5. The van der Waals surface area contributed by atoms with Crippen LogP contribution in [0.25, 0.3) is 0 Å². The number of carbonyl (C=O) groups is 2. The van der Waals surface area contributed by atoms with Gasteiger partial charge in [-0.1, -0.05) is 0 Å². The van der Waals surface area contributed by atoms with Gasteiger partial charge in [-0.25, -0.2) is 4.79 Å². The van der Waals surface area contributed by atoms with Crippen LogP contribution >= 0.6 is 0 Å². The smallest absolute Gasteiger partial charge is 0.374 e. The number of hydrogen-bond acceptors (Lipinski definition) is 5. The normalized spacial score (nSPS) is 9.57. The van der Waals surface area contributed by atoms with E-state index < -0.39 is 11.9 Å². The van der Waals surface area contributed by atoms with Crippen LogP contribution in [-0.4, -0.2) is 19.0 Å². The molecule has 0 saturated carbocycles. The molecule has 14 heavy (non-hydrogen) atoms. The van der Waals surface area contributed by atoms with Crippen molar-refractivity contribution in [1.29, 1.82) is 0 Å². The molecule has 0 aliphatic heterocycles. The SMILES string of the molecule is COC(=O)c1occc1COC(C)=O. The summed E-state index contributed by atoms with van der Waals surface area (Å²) in [7, 11) is 1.25. The summed E-state index contributed by atoms with van der Waals surface area (Å²) < 4.78 is 14.1. The van der Waals surface area contributed by atoms with Crippen LogP contribution in [0.3, 0.4) is 0 Å². The van der Waals surface area contributed by atoms with Crippen molar-refractivity contribution in [2.45, 2.75) is 13.5 Å². The fraction of sp³-hybridized carbons (Fsp3) is 0.333. The van der Waals surface area contributed by atoms with Gasteiger partial charge in [0.1, 0.15) is 6.61 Å². The van der Waals surface area contributed by atoms with Crippen molar-refractivity contribution in [3.63, 3.8) is 0 Å². The molecule has 76 valence electrons. The molecule has 0 N–H and O–H groups in total. The van der Waals surface area contributed by atoms with Gasteiger partial charge < -0.3 is 13.9 Å². The Labute approximate surface area is 80.6 Å². The molecular formula is C9H10O5. The number of furan rings is 1. The van der Waals surface area contributed by atoms with Crippen LogP contribution in [0, 0.1) is 0 Å². The Hall–Kier alpha value is -1.78. The van der Waals surface area contributed by atoms with E-state index in [-0.39, 0.29) is 12.4 Å². The minimum atomic E-state index is -0.586. The Bertz CT molecular complexity index is 339. The molecule has 0 saturated heterocycles. The average Bonchev–Trinajstić information content (AvgIpc) is 2.61. The lowest BCUT2D eigenvalue weighted by molar-refractivity contribution is -0.142. The Morgan fingerprint density at radius 3 is 2.79 bits per heavy atom. The highest BCUT2D eigenvalue weighted by Gasteiger charge is 2.16. The Morgan fingerprint density at radius 1 is 1.50 bits per heavy atom. The molecule has 1 aromatic rings. The van der Waals surface area contributed by atoms with Crippen molar-refractivity contribution in [1.82, 2.24) is 0 Å². The molecule has 0 spiro atoms. The van der Waals surface area contributed by atoms with E-state index >= 15 is 0 Å². The first kappa shape index (κ1) is 10.3. The number of ether oxygens (including phenoxy) is 2. The third-order valence-electron chi connectivity index (χ3n) is 1.55. The predicted molar refractivity (Wildman–Crippen MR) is 45.5 cm³/mol. The largest absolute Gasteiger partial charge is 0.463 e. The van der Waals surface area contributed by atoms with Gasteiger partial charge in [-0.2, -0.15) is 0 Å². The van der Waals surface area contributed by atoms with Gasteiger partial charge in [-0.3, -0.25) is 4.79 Å². The first-order valence-electron chi connectivity index (χ1n) is 3.93. The van der Waals surface area contributed by atoms with Gasteiger partial charge in [-0.15, -0.1) is 0 Å². The monoisotopic (exact) mass is 198 g/mol. The quantitative estimate of drug-likeness (QED) is 0.681. The highest BCUT2D eigenvalue weighted by Crippen LogP contribution is 2.12. The molecule has 5 heteroatoms. The second-order valence-electron chi connectivity index (χ2n) is 2.55. The molecule has 0 bridgehead atoms. The molecule has 1 aromatic heterocycles. The average molecular weight is 198 g/mol. The Morgan fingerprint density at radius 2 is 2.21 bits per heavy atom. The van der Waals surface area contributed by atoms with Crippen LogP contribution in [0.4, 0.5) is 0 Å². The van der Waals surface area contributed by atoms with Crippen molar-refractivity contribution >= 4 is 11.9 Å². The summed E-state index contributed by atoms with van der Waals surface area (Å²) in [6, 6.07) is 1.55. The molecule has 0 fully saturated rings. The zero-order chi connectivity index (χ0) is 10.6. The third-order valence-corrected chi connectivity index (χ3v) is 1.55. The van der Waals surface area contributed by atoms with Gasteiger partial charge in [0.05, 0.1) is 13.4 Å². The molecule has 1 rings (SSSR count). The third kappa shape index (κ3) is 2.35. The van der Waals surface area contributed by atoms with E-state index in [1.807, 2.05) is 0 Å². The lowest BCUT2D eigenvalue weighted by Gasteiger charge is -2.00. The fourth-order valence-electron chi connectivity index (χ4n) is 0.901. The summed E-state index contributed by atoms with van der Waals surface area (Å²) in [5, 5.41) is 0. The molecule has 0 aliphatic carbocycles. The summed E-state index contributed by atoms with van der Waals surface area (Å²) in [4.78, 5) is 21.6. The van der Waals surface area contributed by atoms with E-state index in [1.54, 1.807) is 6.07 Å². The van der Waals surface area contributed by atoms with Crippen LogP contribution in [0.5, 0.6) is 0 Å². The lowest BCUT2D eigenvalue weighted by Crippen LogP contribution is -2.05. The number of methoxy groups -OCH3 is 1. The van der Waals surface area contributed by atoms with Crippen molar-refractivity contribution in [3.05, 3.63) is 23.7 Å². The Balaban J connectivity index is 2.72. The molecule has 0 unspecified atom stereocenters. The second-order valence-corrected chi connectivity index (χ2v) is 2.55. The first-order valence-corrected chi connectivity index (χ1v) is 3.93. The standard InChI is InChI=1S/C9H10O5/c1-6(10)14-5-7-3-4-13-8(7)9(11)12-2/h3-4H,5H2,1-2H3. The molecule has 1 heterocycles. The molecule has 0 aliphatic rings. The van der Waals surface area contributed by atoms with Crippen molar-refractivity contribution in [2.75, 3.05) is 7.11 Å². The van der Waals surface area contributed by atoms with Gasteiger partial charge >= 0.3 is 11.9 Å². The van der Waals surface area contributed by atoms with E-state index in [1.165, 1.54) is 20.3 Å². The van der Waals surface area contributed by atoms with Crippen LogP contribution < -0.4 is 0 Å². The molecule has 0 atom stereocenters. The van der Waals surface area contributed by atoms with Crippen molar-refractivity contribution < 1.29 is 23.5 Å². The van der Waals surface area contributed by atoms with E-state index in [2.05, 4.69) is 4.74 Å². The van der Waals surface area contributed by atoms with E-state index in [0.717, 1.165) is 0 Å². The van der Waals surface area contributed by atoms with Crippen LogP contribution in [0.1, 0.15) is 23.0 Å². The van der Waals surface area contributed by atoms with Gasteiger partial charge in [0.25, 0.3) is 0 Å². The highest BCUT2D eigenvalue weighted by molar-refractivity contribution is 5.87. The summed E-state index contributed by atoms with van der Waals surface area (Å²) in [5.74, 6) is -0.937. The summed E-state index contributed by atoms with van der Waals surface area (Å²) >= 11 is 0. The minimum absolute atomic E-state index is 0.0102. The number of hydrogen-bond donors (Lipinski definition) is 0. The van der Waals surface area contributed by atoms with Gasteiger partial charge in [0.2, 0.25) is 5.76 Å². The summed E-state index contributed by atoms with van der Waals surface area (Å²) in [6.45, 7) is 1.30. The minimum Gasteiger partial charge on any atom is -0.463 e. The Kier molecular flexibility index (Phi) is 3.28. The van der Waals surface area contributed by atoms with Crippen molar-refractivity contribution in [2.24, 2.45) is 0 Å². The van der Waals surface area contributed by atoms with E-state index in [0.29, 0.717) is 5.56 Å². The topological polar surface area (TPSA) is 65.7 Å². The van der Waals surface area contributed by atoms with E-state index in [4.69, 9.17) is 9.15 Å². The maximum absolute atomic E-state index is 11.1. The maximum Gasteiger partial charge on any atom is 0.374 e. The predicted octanol–water partition coefficient (Wildman–Crippen LogP) is 1.13. The van der Waals surface area contributed by atoms with Gasteiger partial charge in [-0.05, 0) is 6.07 Å². The number of esters is 2. The summed E-state index contributed by atoms with van der Waals surface area (Å²) in [5.41, 5.74) is 0.493.